The van der Waals surface area contributed by atoms with Gasteiger partial charge in [-0.15, -0.1) is 0 Å². The van der Waals surface area contributed by atoms with Crippen molar-refractivity contribution in [1.29, 1.82) is 0 Å². The Morgan fingerprint density at radius 1 is 1.18 bits per heavy atom. The van der Waals surface area contributed by atoms with Crippen molar-refractivity contribution in [1.82, 2.24) is 5.32 Å². The summed E-state index contributed by atoms with van der Waals surface area (Å²) in [7, 11) is -3.66. The highest BCUT2D eigenvalue weighted by atomic mass is 35.5. The third-order valence-corrected chi connectivity index (χ3v) is 5.42. The van der Waals surface area contributed by atoms with E-state index in [1.807, 2.05) is 31.2 Å². The molecule has 2 rings (SSSR count). The summed E-state index contributed by atoms with van der Waals surface area (Å²) in [6.07, 6.45) is 1.06. The Labute approximate surface area is 171 Å². The highest BCUT2D eigenvalue weighted by molar-refractivity contribution is 7.92. The third kappa shape index (κ3) is 6.42. The molecule has 0 unspecified atom stereocenters. The van der Waals surface area contributed by atoms with Crippen LogP contribution in [-0.2, 0) is 14.8 Å². The fourth-order valence-corrected chi connectivity index (χ4v) is 3.65. The highest BCUT2D eigenvalue weighted by Gasteiger charge is 2.23. The Hall–Kier alpha value is -2.25. The molecule has 0 aliphatic heterocycles. The van der Waals surface area contributed by atoms with Gasteiger partial charge in [0.05, 0.1) is 18.0 Å². The van der Waals surface area contributed by atoms with Crippen LogP contribution in [0.2, 0.25) is 5.02 Å². The molecule has 0 heterocycles. The number of halogens is 1. The molecule has 0 fully saturated rings. The molecule has 2 aromatic rings. The van der Waals surface area contributed by atoms with E-state index >= 15 is 0 Å². The zero-order valence-corrected chi connectivity index (χ0v) is 18.0. The van der Waals surface area contributed by atoms with Gasteiger partial charge in [-0.25, -0.2) is 8.42 Å². The molecular formula is C20H25ClN2O4S. The summed E-state index contributed by atoms with van der Waals surface area (Å²) >= 11 is 6.00. The Morgan fingerprint density at radius 3 is 2.43 bits per heavy atom. The molecule has 0 aromatic heterocycles. The van der Waals surface area contributed by atoms with E-state index in [-0.39, 0.29) is 19.2 Å². The molecular weight excluding hydrogens is 400 g/mol. The topological polar surface area (TPSA) is 75.7 Å². The minimum absolute atomic E-state index is 0.268. The summed E-state index contributed by atoms with van der Waals surface area (Å²) in [5.41, 5.74) is 2.22. The first-order valence-corrected chi connectivity index (χ1v) is 11.0. The first-order valence-electron chi connectivity index (χ1n) is 8.79. The molecule has 0 saturated heterocycles. The van der Waals surface area contributed by atoms with Gasteiger partial charge in [-0.3, -0.25) is 9.10 Å². The fraction of sp³-hybridized carbons (Fsp3) is 0.350. The van der Waals surface area contributed by atoms with Crippen molar-refractivity contribution >= 4 is 33.2 Å². The molecule has 1 amide bonds. The lowest BCUT2D eigenvalue weighted by molar-refractivity contribution is -0.120. The summed E-state index contributed by atoms with van der Waals surface area (Å²) < 4.78 is 31.2. The van der Waals surface area contributed by atoms with Gasteiger partial charge >= 0.3 is 0 Å². The van der Waals surface area contributed by atoms with Crippen LogP contribution in [0.5, 0.6) is 5.75 Å². The first kappa shape index (κ1) is 22.0. The lowest BCUT2D eigenvalue weighted by atomic mass is 10.2. The van der Waals surface area contributed by atoms with E-state index in [4.69, 9.17) is 16.3 Å². The number of amides is 1. The van der Waals surface area contributed by atoms with Crippen LogP contribution < -0.4 is 14.4 Å². The second-order valence-electron chi connectivity index (χ2n) is 6.79. The molecule has 6 nitrogen and oxygen atoms in total. The lowest BCUT2D eigenvalue weighted by Crippen LogP contribution is -2.45. The number of carbonyl (C=O) groups is 1. The molecule has 0 radical (unpaired) electrons. The monoisotopic (exact) mass is 424 g/mol. The first-order chi connectivity index (χ1) is 13.1. The summed E-state index contributed by atoms with van der Waals surface area (Å²) in [4.78, 5) is 12.4. The van der Waals surface area contributed by atoms with Crippen LogP contribution in [0.3, 0.4) is 0 Å². The van der Waals surface area contributed by atoms with Gasteiger partial charge in [0.25, 0.3) is 0 Å². The number of anilines is 1. The molecule has 1 N–H and O–H groups in total. The van der Waals surface area contributed by atoms with Crippen molar-refractivity contribution in [3.8, 4) is 5.75 Å². The number of hydrogen-bond acceptors (Lipinski definition) is 4. The van der Waals surface area contributed by atoms with Gasteiger partial charge in [-0.05, 0) is 50.6 Å². The number of hydrogen-bond donors (Lipinski definition) is 1. The average Bonchev–Trinajstić information content (AvgIpc) is 2.60. The predicted molar refractivity (Wildman–Crippen MR) is 113 cm³/mol. The quantitative estimate of drug-likeness (QED) is 0.705. The van der Waals surface area contributed by atoms with Crippen molar-refractivity contribution in [2.45, 2.75) is 26.8 Å². The maximum atomic E-state index is 12.4. The van der Waals surface area contributed by atoms with Gasteiger partial charge in [-0.2, -0.15) is 0 Å². The molecule has 152 valence electrons. The van der Waals surface area contributed by atoms with E-state index in [0.29, 0.717) is 22.0 Å². The maximum absolute atomic E-state index is 12.4. The number of rotatable bonds is 8. The van der Waals surface area contributed by atoms with Gasteiger partial charge in [0.2, 0.25) is 15.9 Å². The Kier molecular flexibility index (Phi) is 7.32. The smallest absolute Gasteiger partial charge is 0.241 e. The number of ether oxygens (including phenoxy) is 1. The SMILES string of the molecule is Cc1ccc(OC[C@H](C)NC(=O)CN(c2cc(Cl)ccc2C)S(C)(=O)=O)cc1. The number of benzene rings is 2. The van der Waals surface area contributed by atoms with E-state index < -0.39 is 15.9 Å². The minimum Gasteiger partial charge on any atom is -0.491 e. The summed E-state index contributed by atoms with van der Waals surface area (Å²) in [6, 6.07) is 12.2. The van der Waals surface area contributed by atoms with Crippen LogP contribution in [0.15, 0.2) is 42.5 Å². The molecule has 8 heteroatoms. The van der Waals surface area contributed by atoms with Gasteiger partial charge in [0, 0.05) is 5.02 Å². The van der Waals surface area contributed by atoms with E-state index in [2.05, 4.69) is 5.32 Å². The number of nitrogens with one attached hydrogen (secondary N) is 1. The van der Waals surface area contributed by atoms with Crippen molar-refractivity contribution < 1.29 is 17.9 Å². The van der Waals surface area contributed by atoms with Crippen molar-refractivity contribution in [2.75, 3.05) is 23.7 Å². The van der Waals surface area contributed by atoms with E-state index in [9.17, 15) is 13.2 Å². The second kappa shape index (κ2) is 9.30. The van der Waals surface area contributed by atoms with E-state index in [1.54, 1.807) is 26.0 Å². The summed E-state index contributed by atoms with van der Waals surface area (Å²) in [5.74, 6) is 0.281. The van der Waals surface area contributed by atoms with Crippen LogP contribution in [0.25, 0.3) is 0 Å². The van der Waals surface area contributed by atoms with Gasteiger partial charge in [-0.1, -0.05) is 35.4 Å². The van der Waals surface area contributed by atoms with E-state index in [0.717, 1.165) is 16.1 Å². The summed E-state index contributed by atoms with van der Waals surface area (Å²) in [6.45, 7) is 5.47. The van der Waals surface area contributed by atoms with Crippen LogP contribution in [0, 0.1) is 13.8 Å². The molecule has 0 aliphatic carbocycles. The lowest BCUT2D eigenvalue weighted by Gasteiger charge is -2.25. The highest BCUT2D eigenvalue weighted by Crippen LogP contribution is 2.26. The van der Waals surface area contributed by atoms with Gasteiger partial charge in [0.1, 0.15) is 18.9 Å². The van der Waals surface area contributed by atoms with Gasteiger partial charge in [0.15, 0.2) is 0 Å². The predicted octanol–water partition coefficient (Wildman–Crippen LogP) is 3.31. The normalized spacial score (nSPS) is 12.3. The average molecular weight is 425 g/mol. The maximum Gasteiger partial charge on any atom is 0.241 e. The number of aryl methyl sites for hydroxylation is 2. The molecule has 0 spiro atoms. The van der Waals surface area contributed by atoms with Crippen molar-refractivity contribution in [2.24, 2.45) is 0 Å². The van der Waals surface area contributed by atoms with Crippen molar-refractivity contribution in [3.63, 3.8) is 0 Å². The zero-order chi connectivity index (χ0) is 20.9. The number of sulfonamides is 1. The van der Waals surface area contributed by atoms with E-state index in [1.165, 1.54) is 6.07 Å². The second-order valence-corrected chi connectivity index (χ2v) is 9.14. The molecule has 2 aromatic carbocycles. The third-order valence-electron chi connectivity index (χ3n) is 4.06. The Morgan fingerprint density at radius 2 is 1.82 bits per heavy atom. The van der Waals surface area contributed by atoms with Crippen LogP contribution in [0.4, 0.5) is 5.69 Å². The van der Waals surface area contributed by atoms with Crippen LogP contribution in [-0.4, -0.2) is 39.8 Å². The molecule has 0 bridgehead atoms. The molecule has 1 atom stereocenters. The number of nitrogens with zero attached hydrogens (tertiary/aromatic N) is 1. The Balaban J connectivity index is 2.01. The van der Waals surface area contributed by atoms with Crippen LogP contribution >= 0.6 is 11.6 Å². The molecule has 0 saturated carbocycles. The zero-order valence-electron chi connectivity index (χ0n) is 16.4. The van der Waals surface area contributed by atoms with Gasteiger partial charge < -0.3 is 10.1 Å². The van der Waals surface area contributed by atoms with Crippen LogP contribution in [0.1, 0.15) is 18.1 Å². The largest absolute Gasteiger partial charge is 0.491 e. The standard InChI is InChI=1S/C20H25ClN2O4S/c1-14-5-9-18(10-6-14)27-13-16(3)22-20(24)12-23(28(4,25)26)19-11-17(21)8-7-15(19)2/h5-11,16H,12-13H2,1-4H3,(H,22,24)/t16-/m0/s1. The number of carbonyl (C=O) groups excluding carboxylic acids is 1. The summed E-state index contributed by atoms with van der Waals surface area (Å²) in [5, 5.41) is 3.16. The molecule has 0 aliphatic rings. The Bertz CT molecular complexity index is 930. The van der Waals surface area contributed by atoms with Crippen molar-refractivity contribution in [3.05, 3.63) is 58.6 Å². The fourth-order valence-electron chi connectivity index (χ4n) is 2.58. The molecule has 28 heavy (non-hydrogen) atoms. The minimum atomic E-state index is -3.66.